The number of allylic oxidation sites excluding steroid dienone is 1. The van der Waals surface area contributed by atoms with Gasteiger partial charge in [0.2, 0.25) is 0 Å². The number of rotatable bonds is 4. The predicted molar refractivity (Wildman–Crippen MR) is 96.7 cm³/mol. The molecule has 0 aliphatic heterocycles. The lowest BCUT2D eigenvalue weighted by Gasteiger charge is -1.97. The van der Waals surface area contributed by atoms with Gasteiger partial charge in [-0.15, -0.1) is 0 Å². The second-order valence-electron chi connectivity index (χ2n) is 4.91. The maximum atomic E-state index is 12.1. The highest BCUT2D eigenvalue weighted by molar-refractivity contribution is 9.10. The molecular weight excluding hydrogens is 376 g/mol. The lowest BCUT2D eigenvalue weighted by atomic mass is 10.1. The van der Waals surface area contributed by atoms with Gasteiger partial charge < -0.3 is 4.42 Å². The molecule has 1 heterocycles. The normalized spacial score (nSPS) is 11.0. The second kappa shape index (κ2) is 6.99. The molecule has 2 aromatic carbocycles. The fourth-order valence-corrected chi connectivity index (χ4v) is 2.47. The van der Waals surface area contributed by atoms with Crippen LogP contribution in [0.5, 0.6) is 0 Å². The standard InChI is InChI=1S/C19H12BrClO2/c20-15-5-1-14(2-6-15)19-12-10-17(23-19)9-11-18(22)13-3-7-16(21)8-4-13/h1-12H. The van der Waals surface area contributed by atoms with Gasteiger partial charge in [-0.3, -0.25) is 4.79 Å². The molecule has 0 atom stereocenters. The van der Waals surface area contributed by atoms with Gasteiger partial charge in [0.25, 0.3) is 0 Å². The Labute approximate surface area is 147 Å². The van der Waals surface area contributed by atoms with Crippen LogP contribution in [0.1, 0.15) is 16.1 Å². The first-order chi connectivity index (χ1) is 11.1. The van der Waals surface area contributed by atoms with Crippen molar-refractivity contribution in [3.63, 3.8) is 0 Å². The molecule has 114 valence electrons. The summed E-state index contributed by atoms with van der Waals surface area (Å²) in [5.74, 6) is 1.30. The SMILES string of the molecule is O=C(C=Cc1ccc(-c2ccc(Br)cc2)o1)c1ccc(Cl)cc1. The summed E-state index contributed by atoms with van der Waals surface area (Å²) >= 11 is 9.22. The molecule has 23 heavy (non-hydrogen) atoms. The fraction of sp³-hybridized carbons (Fsp3) is 0. The van der Waals surface area contributed by atoms with E-state index in [1.807, 2.05) is 36.4 Å². The third-order valence-electron chi connectivity index (χ3n) is 3.28. The monoisotopic (exact) mass is 386 g/mol. The summed E-state index contributed by atoms with van der Waals surface area (Å²) in [6.45, 7) is 0. The van der Waals surface area contributed by atoms with Crippen LogP contribution in [0, 0.1) is 0 Å². The molecule has 3 aromatic rings. The molecule has 0 radical (unpaired) electrons. The van der Waals surface area contributed by atoms with Crippen molar-refractivity contribution in [1.29, 1.82) is 0 Å². The Bertz CT molecular complexity index is 846. The van der Waals surface area contributed by atoms with Gasteiger partial charge >= 0.3 is 0 Å². The van der Waals surface area contributed by atoms with E-state index in [1.165, 1.54) is 6.08 Å². The lowest BCUT2D eigenvalue weighted by molar-refractivity contribution is 0.104. The van der Waals surface area contributed by atoms with Crippen LogP contribution in [-0.2, 0) is 0 Å². The summed E-state index contributed by atoms with van der Waals surface area (Å²) in [4.78, 5) is 12.1. The van der Waals surface area contributed by atoms with Crippen LogP contribution in [0.2, 0.25) is 5.02 Å². The van der Waals surface area contributed by atoms with Crippen LogP contribution in [0.15, 0.2) is 75.6 Å². The number of carbonyl (C=O) groups is 1. The average Bonchev–Trinajstić information content (AvgIpc) is 3.03. The van der Waals surface area contributed by atoms with Crippen molar-refractivity contribution >= 4 is 39.4 Å². The van der Waals surface area contributed by atoms with Crippen molar-refractivity contribution in [3.05, 3.63) is 87.6 Å². The Hall–Kier alpha value is -2.10. The molecule has 4 heteroatoms. The van der Waals surface area contributed by atoms with E-state index in [4.69, 9.17) is 16.0 Å². The minimum atomic E-state index is -0.0942. The zero-order valence-corrected chi connectivity index (χ0v) is 14.3. The van der Waals surface area contributed by atoms with E-state index in [2.05, 4.69) is 15.9 Å². The van der Waals surface area contributed by atoms with Gasteiger partial charge in [-0.2, -0.15) is 0 Å². The third kappa shape index (κ3) is 4.01. The number of halogens is 2. The molecule has 1 aromatic heterocycles. The van der Waals surface area contributed by atoms with Gasteiger partial charge in [-0.05, 0) is 60.7 Å². The number of carbonyl (C=O) groups excluding carboxylic acids is 1. The molecule has 3 rings (SSSR count). The predicted octanol–water partition coefficient (Wildman–Crippen LogP) is 6.26. The summed E-state index contributed by atoms with van der Waals surface area (Å²) in [6.07, 6.45) is 3.16. The molecule has 0 spiro atoms. The van der Waals surface area contributed by atoms with Crippen molar-refractivity contribution in [2.24, 2.45) is 0 Å². The number of hydrogen-bond acceptors (Lipinski definition) is 2. The Morgan fingerprint density at radius 3 is 2.35 bits per heavy atom. The summed E-state index contributed by atoms with van der Waals surface area (Å²) in [5.41, 5.74) is 1.57. The van der Waals surface area contributed by atoms with Crippen LogP contribution in [0.25, 0.3) is 17.4 Å². The van der Waals surface area contributed by atoms with E-state index in [9.17, 15) is 4.79 Å². The van der Waals surface area contributed by atoms with Crippen molar-refractivity contribution in [1.82, 2.24) is 0 Å². The first-order valence-corrected chi connectivity index (χ1v) is 8.13. The van der Waals surface area contributed by atoms with Gasteiger partial charge in [-0.1, -0.05) is 39.7 Å². The number of benzene rings is 2. The van der Waals surface area contributed by atoms with Crippen LogP contribution in [0.3, 0.4) is 0 Å². The molecule has 0 aliphatic carbocycles. The second-order valence-corrected chi connectivity index (χ2v) is 6.27. The summed E-state index contributed by atoms with van der Waals surface area (Å²) in [6, 6.07) is 18.4. The molecule has 0 aliphatic rings. The molecule has 0 bridgehead atoms. The van der Waals surface area contributed by atoms with E-state index >= 15 is 0 Å². The molecule has 0 fully saturated rings. The van der Waals surface area contributed by atoms with Crippen molar-refractivity contribution < 1.29 is 9.21 Å². The smallest absolute Gasteiger partial charge is 0.185 e. The molecule has 0 unspecified atom stereocenters. The maximum Gasteiger partial charge on any atom is 0.185 e. The summed E-state index contributed by atoms with van der Waals surface area (Å²) in [5, 5.41) is 0.607. The van der Waals surface area contributed by atoms with Crippen molar-refractivity contribution in [3.8, 4) is 11.3 Å². The minimum absolute atomic E-state index is 0.0942. The Balaban J connectivity index is 1.74. The van der Waals surface area contributed by atoms with E-state index in [-0.39, 0.29) is 5.78 Å². The third-order valence-corrected chi connectivity index (χ3v) is 4.06. The van der Waals surface area contributed by atoms with Crippen LogP contribution in [-0.4, -0.2) is 5.78 Å². The quantitative estimate of drug-likeness (QED) is 0.391. The van der Waals surface area contributed by atoms with E-state index in [0.29, 0.717) is 16.3 Å². The van der Waals surface area contributed by atoms with Crippen molar-refractivity contribution in [2.45, 2.75) is 0 Å². The average molecular weight is 388 g/mol. The first-order valence-electron chi connectivity index (χ1n) is 6.95. The van der Waals surface area contributed by atoms with Gasteiger partial charge in [0.15, 0.2) is 5.78 Å². The highest BCUT2D eigenvalue weighted by Gasteiger charge is 2.05. The molecule has 0 saturated heterocycles. The molecule has 0 N–H and O–H groups in total. The Kier molecular flexibility index (Phi) is 4.79. The Morgan fingerprint density at radius 2 is 1.65 bits per heavy atom. The molecule has 0 saturated carbocycles. The zero-order chi connectivity index (χ0) is 16.2. The molecular formula is C19H12BrClO2. The number of ketones is 1. The lowest BCUT2D eigenvalue weighted by Crippen LogP contribution is -1.92. The summed E-state index contributed by atoms with van der Waals surface area (Å²) in [7, 11) is 0. The molecule has 0 amide bonds. The minimum Gasteiger partial charge on any atom is -0.457 e. The zero-order valence-electron chi connectivity index (χ0n) is 12.0. The van der Waals surface area contributed by atoms with Gasteiger partial charge in [0.05, 0.1) is 0 Å². The maximum absolute atomic E-state index is 12.1. The number of hydrogen-bond donors (Lipinski definition) is 0. The molecule has 2 nitrogen and oxygen atoms in total. The first kappa shape index (κ1) is 15.8. The van der Waals surface area contributed by atoms with Crippen LogP contribution in [0.4, 0.5) is 0 Å². The van der Waals surface area contributed by atoms with Gasteiger partial charge in [0, 0.05) is 20.6 Å². The topological polar surface area (TPSA) is 30.2 Å². The van der Waals surface area contributed by atoms with Gasteiger partial charge in [0.1, 0.15) is 11.5 Å². The Morgan fingerprint density at radius 1 is 0.957 bits per heavy atom. The fourth-order valence-electron chi connectivity index (χ4n) is 2.08. The van der Waals surface area contributed by atoms with E-state index in [1.54, 1.807) is 30.3 Å². The summed E-state index contributed by atoms with van der Waals surface area (Å²) < 4.78 is 6.75. The van der Waals surface area contributed by atoms with Gasteiger partial charge in [-0.25, -0.2) is 0 Å². The van der Waals surface area contributed by atoms with Crippen LogP contribution >= 0.6 is 27.5 Å². The highest BCUT2D eigenvalue weighted by atomic mass is 79.9. The van der Waals surface area contributed by atoms with Crippen molar-refractivity contribution in [2.75, 3.05) is 0 Å². The van der Waals surface area contributed by atoms with E-state index < -0.39 is 0 Å². The van der Waals surface area contributed by atoms with E-state index in [0.717, 1.165) is 15.8 Å². The number of furan rings is 1. The highest BCUT2D eigenvalue weighted by Crippen LogP contribution is 2.24. The largest absolute Gasteiger partial charge is 0.457 e. The van der Waals surface area contributed by atoms with Crippen LogP contribution < -0.4 is 0 Å².